The van der Waals surface area contributed by atoms with Crippen molar-refractivity contribution in [3.05, 3.63) is 28.2 Å². The maximum Gasteiger partial charge on any atom is 0.255 e. The Kier molecular flexibility index (Phi) is 4.16. The van der Waals surface area contributed by atoms with Crippen LogP contribution < -0.4 is 15.8 Å². The van der Waals surface area contributed by atoms with Crippen molar-refractivity contribution in [1.82, 2.24) is 5.32 Å². The third kappa shape index (κ3) is 3.09. The lowest BCUT2D eigenvalue weighted by atomic mass is 9.95. The summed E-state index contributed by atoms with van der Waals surface area (Å²) in [6.07, 6.45) is 2.26. The van der Waals surface area contributed by atoms with Crippen molar-refractivity contribution in [2.75, 3.05) is 13.7 Å². The van der Waals surface area contributed by atoms with Crippen LogP contribution in [0.1, 0.15) is 30.1 Å². The third-order valence-electron chi connectivity index (χ3n) is 3.71. The molecular weight excluding hydrogens is 308 g/mol. The van der Waals surface area contributed by atoms with E-state index in [9.17, 15) is 4.79 Å². The van der Waals surface area contributed by atoms with Crippen LogP contribution in [0.25, 0.3) is 0 Å². The highest BCUT2D eigenvalue weighted by molar-refractivity contribution is 9.10. The van der Waals surface area contributed by atoms with Crippen LogP contribution in [0.4, 0.5) is 0 Å². The summed E-state index contributed by atoms with van der Waals surface area (Å²) in [4.78, 5) is 12.4. The normalized spacial score (nSPS) is 17.7. The van der Waals surface area contributed by atoms with E-state index in [1.807, 2.05) is 13.0 Å². The van der Waals surface area contributed by atoms with E-state index in [4.69, 9.17) is 10.5 Å². The van der Waals surface area contributed by atoms with Gasteiger partial charge in [-0.15, -0.1) is 0 Å². The molecule has 4 nitrogen and oxygen atoms in total. The van der Waals surface area contributed by atoms with Crippen LogP contribution in [-0.2, 0) is 0 Å². The fourth-order valence-corrected chi connectivity index (χ4v) is 2.56. The number of ether oxygens (including phenoxy) is 1. The molecule has 0 saturated heterocycles. The minimum Gasteiger partial charge on any atom is -0.496 e. The molecule has 104 valence electrons. The predicted octanol–water partition coefficient (Wildman–Crippen LogP) is 2.31. The molecule has 1 aliphatic rings. The molecular formula is C14H19BrN2O2. The first-order chi connectivity index (χ1) is 9.00. The molecule has 1 saturated carbocycles. The second-order valence-corrected chi connectivity index (χ2v) is 6.11. The third-order valence-corrected chi connectivity index (χ3v) is 4.20. The highest BCUT2D eigenvalue weighted by Gasteiger charge is 2.41. The highest BCUT2D eigenvalue weighted by atomic mass is 79.9. The molecule has 1 aliphatic carbocycles. The molecule has 1 atom stereocenters. The molecule has 0 aromatic heterocycles. The number of carbonyl (C=O) groups is 1. The number of methoxy groups -OCH3 is 1. The van der Waals surface area contributed by atoms with Crippen molar-refractivity contribution in [2.45, 2.75) is 25.3 Å². The fourth-order valence-electron chi connectivity index (χ4n) is 2.22. The van der Waals surface area contributed by atoms with Crippen LogP contribution in [0.5, 0.6) is 5.75 Å². The zero-order valence-electron chi connectivity index (χ0n) is 11.2. The van der Waals surface area contributed by atoms with Gasteiger partial charge in [-0.2, -0.15) is 0 Å². The Morgan fingerprint density at radius 3 is 2.79 bits per heavy atom. The minimum atomic E-state index is -0.324. The highest BCUT2D eigenvalue weighted by Crippen LogP contribution is 2.39. The summed E-state index contributed by atoms with van der Waals surface area (Å²) in [6, 6.07) is 5.36. The smallest absolute Gasteiger partial charge is 0.255 e. The van der Waals surface area contributed by atoms with Gasteiger partial charge in [0.1, 0.15) is 5.75 Å². The molecule has 19 heavy (non-hydrogen) atoms. The molecule has 0 radical (unpaired) electrons. The number of benzene rings is 1. The summed E-state index contributed by atoms with van der Waals surface area (Å²) < 4.78 is 6.13. The average Bonchev–Trinajstić information content (AvgIpc) is 3.22. The van der Waals surface area contributed by atoms with Crippen molar-refractivity contribution in [2.24, 2.45) is 11.7 Å². The number of nitrogens with one attached hydrogen (secondary N) is 1. The molecule has 1 aromatic rings. The van der Waals surface area contributed by atoms with E-state index in [2.05, 4.69) is 21.2 Å². The maximum absolute atomic E-state index is 12.4. The van der Waals surface area contributed by atoms with Crippen molar-refractivity contribution < 1.29 is 9.53 Å². The van der Waals surface area contributed by atoms with Crippen molar-refractivity contribution in [3.63, 3.8) is 0 Å². The van der Waals surface area contributed by atoms with Gasteiger partial charge in [0.2, 0.25) is 0 Å². The van der Waals surface area contributed by atoms with Gasteiger partial charge in [-0.1, -0.05) is 15.9 Å². The zero-order valence-corrected chi connectivity index (χ0v) is 12.8. The second-order valence-electron chi connectivity index (χ2n) is 5.19. The van der Waals surface area contributed by atoms with E-state index >= 15 is 0 Å². The average molecular weight is 327 g/mol. The zero-order chi connectivity index (χ0) is 14.0. The van der Waals surface area contributed by atoms with Crippen LogP contribution in [0.15, 0.2) is 22.7 Å². The Morgan fingerprint density at radius 1 is 1.58 bits per heavy atom. The number of nitrogens with two attached hydrogens (primary N) is 1. The van der Waals surface area contributed by atoms with Crippen molar-refractivity contribution in [3.8, 4) is 5.75 Å². The molecule has 2 rings (SSSR count). The van der Waals surface area contributed by atoms with Crippen molar-refractivity contribution >= 4 is 21.8 Å². The topological polar surface area (TPSA) is 64.3 Å². The summed E-state index contributed by atoms with van der Waals surface area (Å²) in [6.45, 7) is 2.45. The molecule has 1 fully saturated rings. The number of amides is 1. The van der Waals surface area contributed by atoms with E-state index in [0.717, 1.165) is 17.3 Å². The van der Waals surface area contributed by atoms with Gasteiger partial charge in [0, 0.05) is 11.0 Å². The SMILES string of the molecule is COc1cc(Br)ccc1C(=O)NC(C)(CN)C1CC1. The summed E-state index contributed by atoms with van der Waals surface area (Å²) in [7, 11) is 1.56. The van der Waals surface area contributed by atoms with E-state index in [0.29, 0.717) is 23.8 Å². The van der Waals surface area contributed by atoms with E-state index in [1.54, 1.807) is 19.2 Å². The van der Waals surface area contributed by atoms with Gasteiger partial charge in [-0.3, -0.25) is 4.79 Å². The first-order valence-electron chi connectivity index (χ1n) is 6.36. The van der Waals surface area contributed by atoms with Crippen molar-refractivity contribution in [1.29, 1.82) is 0 Å². The Morgan fingerprint density at radius 2 is 2.26 bits per heavy atom. The van der Waals surface area contributed by atoms with Gasteiger partial charge in [-0.25, -0.2) is 0 Å². The van der Waals surface area contributed by atoms with Gasteiger partial charge >= 0.3 is 0 Å². The Balaban J connectivity index is 2.19. The largest absolute Gasteiger partial charge is 0.496 e. The van der Waals surface area contributed by atoms with Gasteiger partial charge < -0.3 is 15.8 Å². The van der Waals surface area contributed by atoms with E-state index < -0.39 is 0 Å². The molecule has 1 unspecified atom stereocenters. The Labute approximate surface area is 121 Å². The van der Waals surface area contributed by atoms with Crippen LogP contribution in [0.2, 0.25) is 0 Å². The summed E-state index contributed by atoms with van der Waals surface area (Å²) in [5.74, 6) is 0.911. The number of carbonyl (C=O) groups excluding carboxylic acids is 1. The molecule has 0 bridgehead atoms. The van der Waals surface area contributed by atoms with Gasteiger partial charge in [-0.05, 0) is 43.9 Å². The molecule has 0 spiro atoms. The summed E-state index contributed by atoms with van der Waals surface area (Å²) in [5, 5.41) is 3.06. The van der Waals surface area contributed by atoms with E-state index in [-0.39, 0.29) is 11.4 Å². The molecule has 0 aliphatic heterocycles. The molecule has 3 N–H and O–H groups in total. The van der Waals surface area contributed by atoms with Crippen LogP contribution >= 0.6 is 15.9 Å². The number of hydrogen-bond acceptors (Lipinski definition) is 3. The lowest BCUT2D eigenvalue weighted by Gasteiger charge is -2.29. The van der Waals surface area contributed by atoms with Gasteiger partial charge in [0.15, 0.2) is 0 Å². The molecule has 1 aromatic carbocycles. The van der Waals surface area contributed by atoms with Gasteiger partial charge in [0.25, 0.3) is 5.91 Å². The first-order valence-corrected chi connectivity index (χ1v) is 7.15. The summed E-state index contributed by atoms with van der Waals surface area (Å²) in [5.41, 5.74) is 6.02. The van der Waals surface area contributed by atoms with E-state index in [1.165, 1.54) is 0 Å². The van der Waals surface area contributed by atoms with Crippen LogP contribution in [0, 0.1) is 5.92 Å². The standard InChI is InChI=1S/C14H19BrN2O2/c1-14(8-16,9-3-4-9)17-13(18)11-6-5-10(15)7-12(11)19-2/h5-7,9H,3-4,8,16H2,1-2H3,(H,17,18). The second kappa shape index (κ2) is 5.51. The maximum atomic E-state index is 12.4. The lowest BCUT2D eigenvalue weighted by Crippen LogP contribution is -2.53. The Hall–Kier alpha value is -1.07. The molecule has 1 amide bonds. The molecule has 5 heteroatoms. The molecule has 0 heterocycles. The fraction of sp³-hybridized carbons (Fsp3) is 0.500. The quantitative estimate of drug-likeness (QED) is 0.872. The van der Waals surface area contributed by atoms with Crippen LogP contribution in [-0.4, -0.2) is 25.1 Å². The lowest BCUT2D eigenvalue weighted by molar-refractivity contribution is 0.0894. The monoisotopic (exact) mass is 326 g/mol. The number of hydrogen-bond donors (Lipinski definition) is 2. The summed E-state index contributed by atoms with van der Waals surface area (Å²) >= 11 is 3.36. The predicted molar refractivity (Wildman–Crippen MR) is 78.3 cm³/mol. The number of rotatable bonds is 5. The minimum absolute atomic E-state index is 0.135. The first kappa shape index (κ1) is 14.3. The number of halogens is 1. The van der Waals surface area contributed by atoms with Crippen LogP contribution in [0.3, 0.4) is 0 Å². The van der Waals surface area contributed by atoms with Gasteiger partial charge in [0.05, 0.1) is 18.2 Å². The Bertz CT molecular complexity index is 488.